The van der Waals surface area contributed by atoms with Crippen molar-refractivity contribution in [3.05, 3.63) is 59.1 Å². The summed E-state index contributed by atoms with van der Waals surface area (Å²) < 4.78 is 14.3. The lowest BCUT2D eigenvalue weighted by Crippen LogP contribution is -2.29. The maximum absolute atomic E-state index is 14.3. The number of hydrogen-bond acceptors (Lipinski definition) is 7. The second-order valence-electron chi connectivity index (χ2n) is 8.50. The summed E-state index contributed by atoms with van der Waals surface area (Å²) in [4.78, 5) is 19.1. The Morgan fingerprint density at radius 1 is 1.17 bits per heavy atom. The van der Waals surface area contributed by atoms with Crippen molar-refractivity contribution in [2.75, 3.05) is 43.4 Å². The molecular formula is C25H29ClFN7O. The van der Waals surface area contributed by atoms with Crippen LogP contribution in [-0.2, 0) is 4.79 Å². The first-order valence-electron chi connectivity index (χ1n) is 11.7. The molecule has 1 amide bonds. The average Bonchev–Trinajstić information content (AvgIpc) is 3.11. The second-order valence-corrected chi connectivity index (χ2v) is 8.94. The van der Waals surface area contributed by atoms with E-state index in [-0.39, 0.29) is 11.5 Å². The van der Waals surface area contributed by atoms with Gasteiger partial charge in [-0.2, -0.15) is 10.2 Å². The predicted octanol–water partition coefficient (Wildman–Crippen LogP) is 4.40. The quantitative estimate of drug-likeness (QED) is 0.424. The van der Waals surface area contributed by atoms with Crippen molar-refractivity contribution in [2.24, 2.45) is 0 Å². The van der Waals surface area contributed by atoms with E-state index in [1.54, 1.807) is 31.3 Å². The van der Waals surface area contributed by atoms with E-state index in [1.165, 1.54) is 18.2 Å². The number of aryl methyl sites for hydroxylation is 1. The molecule has 35 heavy (non-hydrogen) atoms. The molecule has 0 bridgehead atoms. The number of carbonyl (C=O) groups is 1. The van der Waals surface area contributed by atoms with Crippen molar-refractivity contribution in [2.45, 2.75) is 26.2 Å². The number of nitrogens with one attached hydrogen (secondary N) is 3. The number of carbonyl (C=O) groups excluding carboxylic acids is 1. The van der Waals surface area contributed by atoms with E-state index in [4.69, 9.17) is 11.6 Å². The molecule has 3 aromatic rings. The van der Waals surface area contributed by atoms with Crippen molar-refractivity contribution in [1.29, 1.82) is 0 Å². The molecule has 0 radical (unpaired) electrons. The van der Waals surface area contributed by atoms with E-state index in [0.717, 1.165) is 45.6 Å². The van der Waals surface area contributed by atoms with E-state index in [9.17, 15) is 9.18 Å². The van der Waals surface area contributed by atoms with Crippen molar-refractivity contribution in [3.8, 4) is 11.3 Å². The Bertz CT molecular complexity index is 1170. The summed E-state index contributed by atoms with van der Waals surface area (Å²) in [6, 6.07) is 9.55. The van der Waals surface area contributed by atoms with E-state index in [0.29, 0.717) is 40.0 Å². The first-order chi connectivity index (χ1) is 17.0. The van der Waals surface area contributed by atoms with E-state index in [2.05, 4.69) is 36.0 Å². The Morgan fingerprint density at radius 2 is 2.06 bits per heavy atom. The highest BCUT2D eigenvalue weighted by atomic mass is 35.5. The molecule has 1 saturated heterocycles. The summed E-state index contributed by atoms with van der Waals surface area (Å²) in [5.41, 5.74) is 2.64. The highest BCUT2D eigenvalue weighted by Gasteiger charge is 2.13. The van der Waals surface area contributed by atoms with Gasteiger partial charge in [-0.25, -0.2) is 9.37 Å². The van der Waals surface area contributed by atoms with Crippen LogP contribution in [0.1, 0.15) is 25.0 Å². The zero-order chi connectivity index (χ0) is 24.6. The molecule has 1 aliphatic heterocycles. The lowest BCUT2D eigenvalue weighted by atomic mass is 10.1. The highest BCUT2D eigenvalue weighted by molar-refractivity contribution is 6.30. The fraction of sp³-hybridized carbons (Fsp3) is 0.360. The lowest BCUT2D eigenvalue weighted by Gasteiger charge is -2.18. The zero-order valence-electron chi connectivity index (χ0n) is 19.7. The van der Waals surface area contributed by atoms with Gasteiger partial charge in [0.25, 0.3) is 0 Å². The molecule has 8 nitrogen and oxygen atoms in total. The molecule has 0 atom stereocenters. The zero-order valence-corrected chi connectivity index (χ0v) is 20.4. The lowest BCUT2D eigenvalue weighted by molar-refractivity contribution is -0.116. The van der Waals surface area contributed by atoms with Crippen LogP contribution in [-0.4, -0.2) is 58.7 Å². The topological polar surface area (TPSA) is 95.1 Å². The molecule has 0 unspecified atom stereocenters. The molecule has 3 heterocycles. The first-order valence-corrected chi connectivity index (χ1v) is 12.1. The summed E-state index contributed by atoms with van der Waals surface area (Å²) in [6.45, 7) is 6.86. The molecule has 3 N–H and O–H groups in total. The molecule has 10 heteroatoms. The average molecular weight is 498 g/mol. The van der Waals surface area contributed by atoms with Gasteiger partial charge < -0.3 is 20.9 Å². The Labute approximate surface area is 209 Å². The van der Waals surface area contributed by atoms with Crippen LogP contribution in [0.15, 0.2) is 42.6 Å². The number of aromatic nitrogens is 3. The van der Waals surface area contributed by atoms with Gasteiger partial charge in [0.2, 0.25) is 5.91 Å². The van der Waals surface area contributed by atoms with Crippen LogP contribution in [0.25, 0.3) is 11.3 Å². The summed E-state index contributed by atoms with van der Waals surface area (Å²) in [6.07, 6.45) is 3.99. The fourth-order valence-corrected chi connectivity index (χ4v) is 4.10. The number of anilines is 3. The number of benzene rings is 1. The Hall–Kier alpha value is -3.14. The van der Waals surface area contributed by atoms with Crippen molar-refractivity contribution in [1.82, 2.24) is 25.4 Å². The molecule has 1 aliphatic rings. The Balaban J connectivity index is 1.37. The third-order valence-electron chi connectivity index (χ3n) is 5.80. The molecule has 0 saturated carbocycles. The summed E-state index contributed by atoms with van der Waals surface area (Å²) >= 11 is 6.03. The number of nitrogens with zero attached hydrogens (tertiary/aromatic N) is 4. The summed E-state index contributed by atoms with van der Waals surface area (Å²) in [7, 11) is 0. The number of pyridine rings is 1. The molecule has 1 fully saturated rings. The van der Waals surface area contributed by atoms with Crippen LogP contribution in [0.5, 0.6) is 0 Å². The summed E-state index contributed by atoms with van der Waals surface area (Å²) in [5, 5.41) is 18.2. The highest BCUT2D eigenvalue weighted by Crippen LogP contribution is 2.28. The van der Waals surface area contributed by atoms with E-state index >= 15 is 0 Å². The van der Waals surface area contributed by atoms with Crippen molar-refractivity contribution < 1.29 is 9.18 Å². The molecular weight excluding hydrogens is 469 g/mol. The maximum atomic E-state index is 14.3. The van der Waals surface area contributed by atoms with Gasteiger partial charge in [-0.3, -0.25) is 4.79 Å². The van der Waals surface area contributed by atoms with Crippen LogP contribution < -0.4 is 16.0 Å². The minimum atomic E-state index is -0.431. The monoisotopic (exact) mass is 497 g/mol. The molecule has 0 spiro atoms. The van der Waals surface area contributed by atoms with Crippen LogP contribution >= 0.6 is 11.6 Å². The number of halogens is 2. The Kier molecular flexibility index (Phi) is 8.57. The SMILES string of the molecule is Cc1nnc(-c2cc(Cl)ccc2F)cc1Nc1ccnc(NC(=O)CCCN2CCCNCC2)c1. The first kappa shape index (κ1) is 25.0. The number of rotatable bonds is 8. The smallest absolute Gasteiger partial charge is 0.225 e. The van der Waals surface area contributed by atoms with Gasteiger partial charge in [-0.05, 0) is 69.7 Å². The fourth-order valence-electron chi connectivity index (χ4n) is 3.93. The van der Waals surface area contributed by atoms with Crippen LogP contribution in [0.4, 0.5) is 21.6 Å². The van der Waals surface area contributed by atoms with Gasteiger partial charge in [-0.1, -0.05) is 11.6 Å². The minimum Gasteiger partial charge on any atom is -0.354 e. The number of amides is 1. The maximum Gasteiger partial charge on any atom is 0.225 e. The van der Waals surface area contributed by atoms with Crippen molar-refractivity contribution >= 4 is 34.7 Å². The van der Waals surface area contributed by atoms with Gasteiger partial charge in [0.15, 0.2) is 0 Å². The third-order valence-corrected chi connectivity index (χ3v) is 6.04. The summed E-state index contributed by atoms with van der Waals surface area (Å²) in [5.74, 6) is -0.0391. The third kappa shape index (κ3) is 7.17. The standard InChI is InChI=1S/C25H29ClFN7O/c1-17-22(16-23(33-32-17)20-14-18(26)5-6-21(20)27)30-19-7-9-29-24(15-19)31-25(35)4-2-11-34-12-3-8-28-10-13-34/h5-7,9,14-16,28H,2-4,8,10-13H2,1H3,(H2,29,30,31,33,35). The van der Waals surface area contributed by atoms with E-state index < -0.39 is 5.82 Å². The minimum absolute atomic E-state index is 0.0666. The van der Waals surface area contributed by atoms with Gasteiger partial charge in [0.05, 0.1) is 17.1 Å². The molecule has 184 valence electrons. The molecule has 2 aromatic heterocycles. The predicted molar refractivity (Wildman–Crippen MR) is 136 cm³/mol. The van der Waals surface area contributed by atoms with Crippen molar-refractivity contribution in [3.63, 3.8) is 0 Å². The molecule has 0 aliphatic carbocycles. The molecule has 1 aromatic carbocycles. The van der Waals surface area contributed by atoms with Gasteiger partial charge >= 0.3 is 0 Å². The van der Waals surface area contributed by atoms with Crippen LogP contribution in [0, 0.1) is 12.7 Å². The second kappa shape index (κ2) is 12.0. The molecule has 4 rings (SSSR count). The van der Waals surface area contributed by atoms with Gasteiger partial charge in [0, 0.05) is 48.0 Å². The van der Waals surface area contributed by atoms with E-state index in [1.807, 2.05) is 0 Å². The normalized spacial score (nSPS) is 14.4. The Morgan fingerprint density at radius 3 is 2.94 bits per heavy atom. The largest absolute Gasteiger partial charge is 0.354 e. The van der Waals surface area contributed by atoms with Gasteiger partial charge in [0.1, 0.15) is 11.6 Å². The number of hydrogen-bond donors (Lipinski definition) is 3. The van der Waals surface area contributed by atoms with Crippen LogP contribution in [0.2, 0.25) is 5.02 Å². The van der Waals surface area contributed by atoms with Crippen LogP contribution in [0.3, 0.4) is 0 Å². The van der Waals surface area contributed by atoms with Gasteiger partial charge in [-0.15, -0.1) is 0 Å².